The van der Waals surface area contributed by atoms with Gasteiger partial charge in [0.05, 0.1) is 13.2 Å². The summed E-state index contributed by atoms with van der Waals surface area (Å²) in [4.78, 5) is 11.1. The van der Waals surface area contributed by atoms with E-state index in [1.165, 1.54) is 0 Å². The predicted octanol–water partition coefficient (Wildman–Crippen LogP) is 4.01. The molecule has 0 heterocycles. The molecule has 0 amide bonds. The second-order valence-electron chi connectivity index (χ2n) is 4.55. The summed E-state index contributed by atoms with van der Waals surface area (Å²) in [7, 11) is 0. The van der Waals surface area contributed by atoms with Crippen molar-refractivity contribution >= 4 is 6.16 Å². The summed E-state index contributed by atoms with van der Waals surface area (Å²) in [5, 5.41) is 0. The van der Waals surface area contributed by atoms with Crippen LogP contribution < -0.4 is 0 Å². The third-order valence-electron chi connectivity index (χ3n) is 3.05. The highest BCUT2D eigenvalue weighted by molar-refractivity contribution is 5.59. The standard InChI is InChI=1S/C13H26O3/c1-5-11(3)7-9-15-13(14)16-10-8-12(4)6-2/h11-12H,5-10H2,1-4H3. The van der Waals surface area contributed by atoms with Crippen LogP contribution in [0.3, 0.4) is 0 Å². The Labute approximate surface area is 99.5 Å². The fraction of sp³-hybridized carbons (Fsp3) is 0.923. The van der Waals surface area contributed by atoms with Crippen molar-refractivity contribution in [2.24, 2.45) is 11.8 Å². The Morgan fingerprint density at radius 1 is 0.938 bits per heavy atom. The fourth-order valence-electron chi connectivity index (χ4n) is 1.14. The highest BCUT2D eigenvalue weighted by Crippen LogP contribution is 2.08. The van der Waals surface area contributed by atoms with Gasteiger partial charge in [0.2, 0.25) is 0 Å². The maximum atomic E-state index is 11.1. The van der Waals surface area contributed by atoms with Crippen LogP contribution in [-0.2, 0) is 9.47 Å². The van der Waals surface area contributed by atoms with Gasteiger partial charge in [-0.05, 0) is 24.7 Å². The number of carbonyl (C=O) groups excluding carboxylic acids is 1. The zero-order chi connectivity index (χ0) is 12.4. The lowest BCUT2D eigenvalue weighted by Crippen LogP contribution is -2.12. The second-order valence-corrected chi connectivity index (χ2v) is 4.55. The molecule has 0 aromatic rings. The molecule has 0 saturated carbocycles. The van der Waals surface area contributed by atoms with Gasteiger partial charge >= 0.3 is 6.16 Å². The van der Waals surface area contributed by atoms with Crippen molar-refractivity contribution in [3.8, 4) is 0 Å². The molecule has 0 fully saturated rings. The number of hydrogen-bond acceptors (Lipinski definition) is 3. The molecule has 2 atom stereocenters. The molecule has 0 aromatic heterocycles. The lowest BCUT2D eigenvalue weighted by molar-refractivity contribution is 0.0485. The molecule has 96 valence electrons. The van der Waals surface area contributed by atoms with Crippen molar-refractivity contribution in [1.29, 1.82) is 0 Å². The van der Waals surface area contributed by atoms with Crippen molar-refractivity contribution in [3.63, 3.8) is 0 Å². The van der Waals surface area contributed by atoms with Gasteiger partial charge < -0.3 is 9.47 Å². The number of carbonyl (C=O) groups is 1. The van der Waals surface area contributed by atoms with Crippen LogP contribution >= 0.6 is 0 Å². The van der Waals surface area contributed by atoms with Gasteiger partial charge in [0, 0.05) is 0 Å². The highest BCUT2D eigenvalue weighted by atomic mass is 16.7. The quantitative estimate of drug-likeness (QED) is 0.591. The van der Waals surface area contributed by atoms with Crippen LogP contribution in [0.5, 0.6) is 0 Å². The van der Waals surface area contributed by atoms with Gasteiger partial charge in [-0.25, -0.2) is 4.79 Å². The largest absolute Gasteiger partial charge is 0.508 e. The SMILES string of the molecule is CCC(C)CCOC(=O)OCCC(C)CC. The van der Waals surface area contributed by atoms with E-state index in [-0.39, 0.29) is 0 Å². The molecule has 0 aliphatic carbocycles. The van der Waals surface area contributed by atoms with Gasteiger partial charge in [0.15, 0.2) is 0 Å². The normalized spacial score (nSPS) is 14.2. The Kier molecular flexibility index (Phi) is 9.06. The number of ether oxygens (including phenoxy) is 2. The Hall–Kier alpha value is -0.730. The predicted molar refractivity (Wildman–Crippen MR) is 65.4 cm³/mol. The topological polar surface area (TPSA) is 35.5 Å². The summed E-state index contributed by atoms with van der Waals surface area (Å²) in [5.74, 6) is 1.21. The molecule has 0 N–H and O–H groups in total. The van der Waals surface area contributed by atoms with Gasteiger partial charge in [-0.1, -0.05) is 40.5 Å². The first-order valence-corrected chi connectivity index (χ1v) is 6.39. The van der Waals surface area contributed by atoms with E-state index in [2.05, 4.69) is 27.7 Å². The molecule has 0 radical (unpaired) electrons. The molecule has 3 heteroatoms. The average molecular weight is 230 g/mol. The van der Waals surface area contributed by atoms with Gasteiger partial charge in [-0.2, -0.15) is 0 Å². The first-order valence-electron chi connectivity index (χ1n) is 6.39. The van der Waals surface area contributed by atoms with Crippen LogP contribution in [0.2, 0.25) is 0 Å². The molecule has 0 aromatic carbocycles. The van der Waals surface area contributed by atoms with Crippen LogP contribution in [-0.4, -0.2) is 19.4 Å². The van der Waals surface area contributed by atoms with Crippen molar-refractivity contribution in [3.05, 3.63) is 0 Å². The minimum Gasteiger partial charge on any atom is -0.434 e. The first-order chi connectivity index (χ1) is 7.60. The molecule has 16 heavy (non-hydrogen) atoms. The molecule has 0 bridgehead atoms. The van der Waals surface area contributed by atoms with Crippen LogP contribution in [0, 0.1) is 11.8 Å². The van der Waals surface area contributed by atoms with E-state index < -0.39 is 6.16 Å². The number of hydrogen-bond donors (Lipinski definition) is 0. The summed E-state index contributed by atoms with van der Waals surface area (Å²) >= 11 is 0. The first kappa shape index (κ1) is 15.3. The minimum absolute atomic E-state index is 0.469. The summed E-state index contributed by atoms with van der Waals surface area (Å²) in [5.41, 5.74) is 0. The van der Waals surface area contributed by atoms with Gasteiger partial charge in [0.25, 0.3) is 0 Å². The van der Waals surface area contributed by atoms with E-state index in [0.717, 1.165) is 25.7 Å². The second kappa shape index (κ2) is 9.49. The molecule has 3 nitrogen and oxygen atoms in total. The summed E-state index contributed by atoms with van der Waals surface area (Å²) in [6, 6.07) is 0. The van der Waals surface area contributed by atoms with E-state index in [9.17, 15) is 4.79 Å². The maximum Gasteiger partial charge on any atom is 0.508 e. The fourth-order valence-corrected chi connectivity index (χ4v) is 1.14. The monoisotopic (exact) mass is 230 g/mol. The van der Waals surface area contributed by atoms with Gasteiger partial charge in [-0.15, -0.1) is 0 Å². The van der Waals surface area contributed by atoms with Crippen molar-refractivity contribution in [1.82, 2.24) is 0 Å². The zero-order valence-electron chi connectivity index (χ0n) is 11.1. The Morgan fingerprint density at radius 2 is 1.31 bits per heavy atom. The van der Waals surface area contributed by atoms with Crippen molar-refractivity contribution < 1.29 is 14.3 Å². The van der Waals surface area contributed by atoms with E-state index in [4.69, 9.17) is 9.47 Å². The van der Waals surface area contributed by atoms with Crippen molar-refractivity contribution in [2.75, 3.05) is 13.2 Å². The Bertz CT molecular complexity index is 162. The minimum atomic E-state index is -0.522. The van der Waals surface area contributed by atoms with Crippen molar-refractivity contribution in [2.45, 2.75) is 53.4 Å². The van der Waals surface area contributed by atoms with E-state index in [0.29, 0.717) is 25.0 Å². The van der Waals surface area contributed by atoms with Crippen LogP contribution in [0.15, 0.2) is 0 Å². The Balaban J connectivity index is 3.38. The summed E-state index contributed by atoms with van der Waals surface area (Å²) in [6.07, 6.45) is 3.54. The van der Waals surface area contributed by atoms with Gasteiger partial charge in [-0.3, -0.25) is 0 Å². The van der Waals surface area contributed by atoms with Gasteiger partial charge in [0.1, 0.15) is 0 Å². The average Bonchev–Trinajstić information content (AvgIpc) is 2.28. The molecule has 2 unspecified atom stereocenters. The summed E-state index contributed by atoms with van der Waals surface area (Å²) in [6.45, 7) is 9.51. The third-order valence-corrected chi connectivity index (χ3v) is 3.05. The van der Waals surface area contributed by atoms with E-state index >= 15 is 0 Å². The molecule has 0 rings (SSSR count). The highest BCUT2D eigenvalue weighted by Gasteiger charge is 2.06. The van der Waals surface area contributed by atoms with Crippen LogP contribution in [0.1, 0.15) is 53.4 Å². The molecular formula is C13H26O3. The lowest BCUT2D eigenvalue weighted by Gasteiger charge is -2.10. The number of rotatable bonds is 8. The maximum absolute atomic E-state index is 11.1. The van der Waals surface area contributed by atoms with Crippen LogP contribution in [0.25, 0.3) is 0 Å². The lowest BCUT2D eigenvalue weighted by atomic mass is 10.1. The molecular weight excluding hydrogens is 204 g/mol. The third kappa shape index (κ3) is 8.57. The van der Waals surface area contributed by atoms with E-state index in [1.54, 1.807) is 0 Å². The van der Waals surface area contributed by atoms with Crippen LogP contribution in [0.4, 0.5) is 4.79 Å². The van der Waals surface area contributed by atoms with E-state index in [1.807, 2.05) is 0 Å². The molecule has 0 spiro atoms. The zero-order valence-corrected chi connectivity index (χ0v) is 11.1. The molecule has 0 aliphatic rings. The molecule has 0 aliphatic heterocycles. The Morgan fingerprint density at radius 3 is 1.62 bits per heavy atom. The molecule has 0 saturated heterocycles. The summed E-state index contributed by atoms with van der Waals surface area (Å²) < 4.78 is 9.94. The smallest absolute Gasteiger partial charge is 0.434 e.